The third-order valence-electron chi connectivity index (χ3n) is 2.59. The average molecular weight is 257 g/mol. The fraction of sp³-hybridized carbons (Fsp3) is 0.214. The maximum atomic E-state index is 10.4. The lowest BCUT2D eigenvalue weighted by Crippen LogP contribution is -2.09. The molecule has 0 atom stereocenters. The number of hydrogen-bond donors (Lipinski definition) is 2. The second-order valence-corrected chi connectivity index (χ2v) is 4.21. The fourth-order valence-corrected chi connectivity index (χ4v) is 1.69. The van der Waals surface area contributed by atoms with E-state index in [1.807, 2.05) is 37.3 Å². The zero-order valence-electron chi connectivity index (χ0n) is 10.6. The molecule has 1 aromatic heterocycles. The van der Waals surface area contributed by atoms with Crippen LogP contribution in [0, 0.1) is 6.92 Å². The molecule has 2 N–H and O–H groups in total. The lowest BCUT2D eigenvalue weighted by atomic mass is 10.1. The Morgan fingerprint density at radius 1 is 1.37 bits per heavy atom. The van der Waals surface area contributed by atoms with Gasteiger partial charge in [0.25, 0.3) is 0 Å². The summed E-state index contributed by atoms with van der Waals surface area (Å²) in [6.45, 7) is 2.34. The first-order valence-electron chi connectivity index (χ1n) is 6.01. The zero-order valence-corrected chi connectivity index (χ0v) is 10.6. The van der Waals surface area contributed by atoms with Crippen molar-refractivity contribution in [2.24, 2.45) is 0 Å². The highest BCUT2D eigenvalue weighted by Crippen LogP contribution is 2.18. The second-order valence-electron chi connectivity index (χ2n) is 4.21. The number of carboxylic acid groups (broad SMARTS) is 1. The van der Waals surface area contributed by atoms with Gasteiger partial charge in [-0.05, 0) is 19.1 Å². The van der Waals surface area contributed by atoms with Crippen LogP contribution in [0.3, 0.4) is 0 Å². The van der Waals surface area contributed by atoms with E-state index in [9.17, 15) is 4.79 Å². The van der Waals surface area contributed by atoms with Crippen LogP contribution in [0.1, 0.15) is 12.0 Å². The molecular formula is C14H15N3O2. The van der Waals surface area contributed by atoms with Gasteiger partial charge in [0.15, 0.2) is 0 Å². The molecule has 2 aromatic rings. The molecule has 98 valence electrons. The molecule has 0 saturated carbocycles. The van der Waals surface area contributed by atoms with Gasteiger partial charge in [0.05, 0.1) is 12.1 Å². The van der Waals surface area contributed by atoms with E-state index in [4.69, 9.17) is 5.11 Å². The van der Waals surface area contributed by atoms with Crippen LogP contribution in [0.4, 0.5) is 5.95 Å². The van der Waals surface area contributed by atoms with E-state index in [-0.39, 0.29) is 6.42 Å². The Labute approximate surface area is 111 Å². The summed E-state index contributed by atoms with van der Waals surface area (Å²) in [5.41, 5.74) is 3.00. The Hall–Kier alpha value is -2.43. The topological polar surface area (TPSA) is 75.1 Å². The lowest BCUT2D eigenvalue weighted by Gasteiger charge is -2.06. The number of hydrogen-bond acceptors (Lipinski definition) is 4. The van der Waals surface area contributed by atoms with Crippen LogP contribution in [-0.4, -0.2) is 27.6 Å². The quantitative estimate of drug-likeness (QED) is 0.859. The highest BCUT2D eigenvalue weighted by atomic mass is 16.4. The van der Waals surface area contributed by atoms with Gasteiger partial charge >= 0.3 is 5.97 Å². The molecule has 2 rings (SSSR count). The molecule has 0 aliphatic rings. The van der Waals surface area contributed by atoms with Crippen LogP contribution in [0.2, 0.25) is 0 Å². The highest BCUT2D eigenvalue weighted by Gasteiger charge is 2.03. The van der Waals surface area contributed by atoms with E-state index in [0.29, 0.717) is 12.5 Å². The van der Waals surface area contributed by atoms with E-state index < -0.39 is 5.97 Å². The smallest absolute Gasteiger partial charge is 0.305 e. The highest BCUT2D eigenvalue weighted by molar-refractivity contribution is 5.67. The van der Waals surface area contributed by atoms with Crippen LogP contribution in [-0.2, 0) is 4.79 Å². The molecule has 0 bridgehead atoms. The van der Waals surface area contributed by atoms with Crippen molar-refractivity contribution < 1.29 is 9.90 Å². The number of carboxylic acids is 1. The Morgan fingerprint density at radius 2 is 2.21 bits per heavy atom. The maximum absolute atomic E-state index is 10.4. The first-order valence-corrected chi connectivity index (χ1v) is 6.01. The summed E-state index contributed by atoms with van der Waals surface area (Å²) in [4.78, 5) is 18.9. The number of anilines is 1. The van der Waals surface area contributed by atoms with Crippen molar-refractivity contribution in [3.8, 4) is 11.3 Å². The van der Waals surface area contributed by atoms with Crippen LogP contribution in [0.5, 0.6) is 0 Å². The molecule has 0 radical (unpaired) electrons. The molecular weight excluding hydrogens is 242 g/mol. The predicted octanol–water partition coefficient (Wildman–Crippen LogP) is 2.34. The van der Waals surface area contributed by atoms with Crippen molar-refractivity contribution in [1.29, 1.82) is 0 Å². The zero-order chi connectivity index (χ0) is 13.7. The van der Waals surface area contributed by atoms with Gasteiger partial charge < -0.3 is 10.4 Å². The Morgan fingerprint density at radius 3 is 2.95 bits per heavy atom. The van der Waals surface area contributed by atoms with Crippen molar-refractivity contribution in [3.63, 3.8) is 0 Å². The predicted molar refractivity (Wildman–Crippen MR) is 72.9 cm³/mol. The van der Waals surface area contributed by atoms with Gasteiger partial charge in [-0.25, -0.2) is 9.97 Å². The van der Waals surface area contributed by atoms with Gasteiger partial charge in [-0.1, -0.05) is 23.8 Å². The van der Waals surface area contributed by atoms with E-state index in [1.54, 1.807) is 6.20 Å². The average Bonchev–Trinajstić information content (AvgIpc) is 2.39. The molecule has 1 heterocycles. The SMILES string of the molecule is Cc1cccc(-c2ccnc(NCCC(=O)O)n2)c1. The molecule has 5 heteroatoms. The number of benzene rings is 1. The number of nitrogens with zero attached hydrogens (tertiary/aromatic N) is 2. The number of aliphatic carboxylic acids is 1. The van der Waals surface area contributed by atoms with Crippen LogP contribution < -0.4 is 5.32 Å². The summed E-state index contributed by atoms with van der Waals surface area (Å²) in [5.74, 6) is -0.400. The van der Waals surface area contributed by atoms with Crippen molar-refractivity contribution in [1.82, 2.24) is 9.97 Å². The van der Waals surface area contributed by atoms with Gasteiger partial charge in [-0.2, -0.15) is 0 Å². The number of carbonyl (C=O) groups is 1. The normalized spacial score (nSPS) is 10.2. The lowest BCUT2D eigenvalue weighted by molar-refractivity contribution is -0.136. The molecule has 0 aliphatic heterocycles. The van der Waals surface area contributed by atoms with Crippen molar-refractivity contribution in [3.05, 3.63) is 42.1 Å². The number of aryl methyl sites for hydroxylation is 1. The third-order valence-corrected chi connectivity index (χ3v) is 2.59. The minimum Gasteiger partial charge on any atom is -0.481 e. The minimum atomic E-state index is -0.845. The van der Waals surface area contributed by atoms with Gasteiger partial charge in [0.2, 0.25) is 5.95 Å². The van der Waals surface area contributed by atoms with Gasteiger partial charge in [0, 0.05) is 18.3 Å². The second kappa shape index (κ2) is 5.95. The molecule has 0 unspecified atom stereocenters. The van der Waals surface area contributed by atoms with Gasteiger partial charge in [-0.3, -0.25) is 4.79 Å². The van der Waals surface area contributed by atoms with Crippen LogP contribution in [0.15, 0.2) is 36.5 Å². The van der Waals surface area contributed by atoms with Crippen molar-refractivity contribution in [2.45, 2.75) is 13.3 Å². The first kappa shape index (κ1) is 13.0. The molecule has 0 spiro atoms. The Balaban J connectivity index is 2.13. The third kappa shape index (κ3) is 3.77. The molecule has 0 aliphatic carbocycles. The summed E-state index contributed by atoms with van der Waals surface area (Å²) in [6.07, 6.45) is 1.70. The molecule has 0 saturated heterocycles. The summed E-state index contributed by atoms with van der Waals surface area (Å²) in [5, 5.41) is 11.5. The number of nitrogens with one attached hydrogen (secondary N) is 1. The van der Waals surface area contributed by atoms with Crippen LogP contribution >= 0.6 is 0 Å². The Kier molecular flexibility index (Phi) is 4.07. The van der Waals surface area contributed by atoms with Crippen LogP contribution in [0.25, 0.3) is 11.3 Å². The fourth-order valence-electron chi connectivity index (χ4n) is 1.69. The van der Waals surface area contributed by atoms with Gasteiger partial charge in [-0.15, -0.1) is 0 Å². The van der Waals surface area contributed by atoms with Gasteiger partial charge in [0.1, 0.15) is 0 Å². The summed E-state index contributed by atoms with van der Waals surface area (Å²) in [7, 11) is 0. The number of rotatable bonds is 5. The molecule has 5 nitrogen and oxygen atoms in total. The van der Waals surface area contributed by atoms with Crippen molar-refractivity contribution >= 4 is 11.9 Å². The largest absolute Gasteiger partial charge is 0.481 e. The first-order chi connectivity index (χ1) is 9.15. The van der Waals surface area contributed by atoms with E-state index in [1.165, 1.54) is 0 Å². The Bertz CT molecular complexity index is 584. The summed E-state index contributed by atoms with van der Waals surface area (Å²) >= 11 is 0. The minimum absolute atomic E-state index is 0.0397. The van der Waals surface area contributed by atoms with E-state index in [0.717, 1.165) is 16.8 Å². The monoisotopic (exact) mass is 257 g/mol. The van der Waals surface area contributed by atoms with Crippen molar-refractivity contribution in [2.75, 3.05) is 11.9 Å². The summed E-state index contributed by atoms with van der Waals surface area (Å²) in [6, 6.07) is 9.86. The maximum Gasteiger partial charge on any atom is 0.305 e. The summed E-state index contributed by atoms with van der Waals surface area (Å²) < 4.78 is 0. The molecule has 0 amide bonds. The molecule has 0 fully saturated rings. The molecule has 19 heavy (non-hydrogen) atoms. The van der Waals surface area contributed by atoms with E-state index in [2.05, 4.69) is 15.3 Å². The van der Waals surface area contributed by atoms with E-state index >= 15 is 0 Å². The number of aromatic nitrogens is 2. The standard InChI is InChI=1S/C14H15N3O2/c1-10-3-2-4-11(9-10)12-5-7-15-14(17-12)16-8-6-13(18)19/h2-5,7,9H,6,8H2,1H3,(H,18,19)(H,15,16,17). The molecule has 1 aromatic carbocycles.